The molecular formula is C48H54N2O7P4. The van der Waals surface area contributed by atoms with E-state index in [-0.39, 0.29) is 26.4 Å². The highest BCUT2D eigenvalue weighted by Gasteiger charge is 2.49. The molecule has 6 aromatic carbocycles. The van der Waals surface area contributed by atoms with Gasteiger partial charge in [-0.1, -0.05) is 188 Å². The number of nitrogens with zero attached hydrogens (tertiary/aromatic N) is 2. The Morgan fingerprint density at radius 1 is 0.459 bits per heavy atom. The predicted molar refractivity (Wildman–Crippen MR) is 254 cm³/mol. The van der Waals surface area contributed by atoms with E-state index in [0.29, 0.717) is 11.1 Å². The molecule has 0 bridgehead atoms. The molecule has 0 spiro atoms. The Bertz CT molecular complexity index is 2250. The van der Waals surface area contributed by atoms with E-state index >= 15 is 9.13 Å². The normalized spacial score (nSPS) is 12.8. The number of allylic oxidation sites excluding steroid dienone is 1. The van der Waals surface area contributed by atoms with Crippen LogP contribution in [0.15, 0.2) is 203 Å². The second kappa shape index (κ2) is 21.2. The maximum Gasteiger partial charge on any atom is 0.453 e. The van der Waals surface area contributed by atoms with Crippen molar-refractivity contribution in [2.75, 3.05) is 26.4 Å². The van der Waals surface area contributed by atoms with Crippen LogP contribution < -0.4 is 21.2 Å². The van der Waals surface area contributed by atoms with Crippen LogP contribution in [0.5, 0.6) is 0 Å². The lowest BCUT2D eigenvalue weighted by atomic mass is 9.86. The van der Waals surface area contributed by atoms with Crippen molar-refractivity contribution in [1.29, 1.82) is 0 Å². The van der Waals surface area contributed by atoms with Gasteiger partial charge in [0.2, 0.25) is 0 Å². The van der Waals surface area contributed by atoms with Crippen LogP contribution in [0.25, 0.3) is 0 Å². The van der Waals surface area contributed by atoms with Gasteiger partial charge in [0.05, 0.1) is 45.9 Å². The third kappa shape index (κ3) is 10.2. The summed E-state index contributed by atoms with van der Waals surface area (Å²) >= 11 is 0. The zero-order chi connectivity index (χ0) is 43.2. The van der Waals surface area contributed by atoms with Gasteiger partial charge in [-0.2, -0.15) is 9.03 Å². The van der Waals surface area contributed by atoms with Gasteiger partial charge in [-0.15, -0.1) is 0 Å². The summed E-state index contributed by atoms with van der Waals surface area (Å²) in [6.45, 7) is 7.23. The molecule has 0 aromatic heterocycles. The van der Waals surface area contributed by atoms with Gasteiger partial charge in [0.25, 0.3) is 0 Å². The first-order valence-electron chi connectivity index (χ1n) is 20.4. The second-order valence-electron chi connectivity index (χ2n) is 13.8. The minimum atomic E-state index is -4.31. The van der Waals surface area contributed by atoms with E-state index in [2.05, 4.69) is 0 Å². The minimum absolute atomic E-state index is 0.0541. The van der Waals surface area contributed by atoms with Crippen molar-refractivity contribution in [3.05, 3.63) is 205 Å². The van der Waals surface area contributed by atoms with Gasteiger partial charge in [-0.3, -0.25) is 18.1 Å². The van der Waals surface area contributed by atoms with Crippen LogP contribution in [-0.2, 0) is 32.8 Å². The maximum absolute atomic E-state index is 15.4. The number of rotatable bonds is 20. The van der Waals surface area contributed by atoms with Gasteiger partial charge in [0.15, 0.2) is 0 Å². The molecule has 0 heterocycles. The van der Waals surface area contributed by atoms with Crippen molar-refractivity contribution in [3.8, 4) is 0 Å². The Balaban J connectivity index is 1.97. The summed E-state index contributed by atoms with van der Waals surface area (Å²) in [5.74, 6) is 0. The van der Waals surface area contributed by atoms with E-state index < -0.39 is 40.6 Å². The summed E-state index contributed by atoms with van der Waals surface area (Å²) in [4.78, 5) is 0. The first kappa shape index (κ1) is 46.3. The maximum atomic E-state index is 15.4. The molecule has 1 N–H and O–H groups in total. The molecule has 318 valence electrons. The average Bonchev–Trinajstić information content (AvgIpc) is 3.30. The van der Waals surface area contributed by atoms with Crippen LogP contribution in [0.1, 0.15) is 38.8 Å². The molecule has 0 aliphatic heterocycles. The van der Waals surface area contributed by atoms with Gasteiger partial charge in [0, 0.05) is 0 Å². The molecule has 6 aromatic rings. The van der Waals surface area contributed by atoms with E-state index in [0.717, 1.165) is 21.2 Å². The predicted octanol–water partition coefficient (Wildman–Crippen LogP) is 11.9. The quantitative estimate of drug-likeness (QED) is 0.0599. The first-order valence-corrected chi connectivity index (χ1v) is 27.0. The molecular weight excluding hydrogens is 840 g/mol. The van der Waals surface area contributed by atoms with E-state index in [4.69, 9.17) is 27.1 Å². The monoisotopic (exact) mass is 894 g/mol. The van der Waals surface area contributed by atoms with Crippen LogP contribution in [0.4, 0.5) is 0 Å². The van der Waals surface area contributed by atoms with Gasteiger partial charge in [-0.05, 0) is 66.1 Å². The van der Waals surface area contributed by atoms with E-state index in [1.54, 1.807) is 33.8 Å². The summed E-state index contributed by atoms with van der Waals surface area (Å²) in [5, 5.41) is 15.3. The first-order chi connectivity index (χ1) is 29.6. The van der Waals surface area contributed by atoms with Crippen LogP contribution in [0.2, 0.25) is 0 Å². The van der Waals surface area contributed by atoms with Crippen LogP contribution in [-0.4, -0.2) is 36.9 Å². The summed E-state index contributed by atoms with van der Waals surface area (Å²) in [5.41, 5.74) is -0.485. The second-order valence-corrected chi connectivity index (χ2v) is 24.4. The van der Waals surface area contributed by atoms with Crippen molar-refractivity contribution in [3.63, 3.8) is 0 Å². The summed E-state index contributed by atoms with van der Waals surface area (Å²) in [7, 11) is -16.0. The third-order valence-corrected chi connectivity index (χ3v) is 24.5. The smallest absolute Gasteiger partial charge is 0.377 e. The van der Waals surface area contributed by atoms with Crippen molar-refractivity contribution in [2.24, 2.45) is 9.03 Å². The fraction of sp³-hybridized carbons (Fsp3) is 0.208. The highest BCUT2D eigenvalue weighted by molar-refractivity contribution is 7.99. The van der Waals surface area contributed by atoms with E-state index in [1.165, 1.54) is 0 Å². The Kier molecular flexibility index (Phi) is 16.1. The van der Waals surface area contributed by atoms with Crippen molar-refractivity contribution < 1.29 is 32.3 Å². The van der Waals surface area contributed by atoms with Crippen LogP contribution >= 0.6 is 29.6 Å². The topological polar surface area (TPSA) is 116 Å². The molecule has 0 amide bonds. The summed E-state index contributed by atoms with van der Waals surface area (Å²) in [6, 6.07) is 57.7. The van der Waals surface area contributed by atoms with E-state index in [1.807, 2.05) is 188 Å². The number of hydrogen-bond donors (Lipinski definition) is 1. The minimum Gasteiger partial charge on any atom is -0.377 e. The van der Waals surface area contributed by atoms with Crippen molar-refractivity contribution in [2.45, 2.75) is 38.7 Å². The summed E-state index contributed by atoms with van der Waals surface area (Å²) in [6.07, 6.45) is 3.74. The van der Waals surface area contributed by atoms with Crippen LogP contribution in [0, 0.1) is 0 Å². The Labute approximate surface area is 361 Å². The third-order valence-electron chi connectivity index (χ3n) is 9.97. The Hall–Kier alpha value is -4.22. The number of aliphatic hydroxyl groups is 1. The van der Waals surface area contributed by atoms with Crippen LogP contribution in [0.3, 0.4) is 0 Å². The largest absolute Gasteiger partial charge is 0.453 e. The molecule has 0 saturated heterocycles. The lowest BCUT2D eigenvalue weighted by Gasteiger charge is -2.42. The lowest BCUT2D eigenvalue weighted by Crippen LogP contribution is -2.33. The Morgan fingerprint density at radius 3 is 0.951 bits per heavy atom. The molecule has 0 saturated carbocycles. The fourth-order valence-corrected chi connectivity index (χ4v) is 24.4. The van der Waals surface area contributed by atoms with Gasteiger partial charge in [-0.25, -0.2) is 9.13 Å². The SMILES string of the molecule is CCOP(=O)(N=P(c1ccccc1)(c1ccccc1)C(/C=C\C(O)(c1ccccc1)c1ccccc1)P(=NP(=O)(OCC)OCC)(c1ccccc1)c1ccccc1)OCC. The molecule has 6 rings (SSSR count). The standard InChI is InChI=1S/C48H54N2O7P4/c1-5-54-60(52,55-6-2)49-58(43-31-19-11-20-32-43,44-33-21-12-22-34-44)47(39-40-48(51,41-27-15-9-16-28-41)42-29-17-10-18-30-42)59(45-35-23-13-24-36-45,46-37-25-14-26-38-46)50-61(53,56-7-3)57-8-4/h9-40,47,51H,5-8H2,1-4H3/b40-39-. The molecule has 13 heteroatoms. The molecule has 0 fully saturated rings. The molecule has 0 aliphatic rings. The average molecular weight is 895 g/mol. The lowest BCUT2D eigenvalue weighted by molar-refractivity contribution is 0.134. The Morgan fingerprint density at radius 2 is 0.705 bits per heavy atom. The molecule has 0 atom stereocenters. The van der Waals surface area contributed by atoms with Gasteiger partial charge >= 0.3 is 15.5 Å². The highest BCUT2D eigenvalue weighted by Crippen LogP contribution is 2.76. The van der Waals surface area contributed by atoms with Gasteiger partial charge in [0.1, 0.15) is 5.60 Å². The zero-order valence-electron chi connectivity index (χ0n) is 35.0. The summed E-state index contributed by atoms with van der Waals surface area (Å²) < 4.78 is 66.3. The molecule has 0 unspecified atom stereocenters. The molecule has 0 radical (unpaired) electrons. The molecule has 61 heavy (non-hydrogen) atoms. The number of hydrogen-bond acceptors (Lipinski definition) is 7. The van der Waals surface area contributed by atoms with Crippen molar-refractivity contribution >= 4 is 50.8 Å². The van der Waals surface area contributed by atoms with Gasteiger partial charge < -0.3 is 5.11 Å². The zero-order valence-corrected chi connectivity index (χ0v) is 38.5. The fourth-order valence-electron chi connectivity index (χ4n) is 7.48. The molecule has 0 aliphatic carbocycles. The van der Waals surface area contributed by atoms with Crippen molar-refractivity contribution in [1.82, 2.24) is 0 Å². The highest BCUT2D eigenvalue weighted by atomic mass is 31.3. The molecule has 9 nitrogen and oxygen atoms in total. The number of benzene rings is 6. The van der Waals surface area contributed by atoms with E-state index in [9.17, 15) is 5.11 Å².